The Hall–Kier alpha value is -2.22. The summed E-state index contributed by atoms with van der Waals surface area (Å²) in [6.07, 6.45) is 5.66. The summed E-state index contributed by atoms with van der Waals surface area (Å²) in [6.45, 7) is 4.65. The summed E-state index contributed by atoms with van der Waals surface area (Å²) in [4.78, 5) is 11.9. The number of unbranched alkanes of at least 4 members (excludes halogenated alkanes) is 2. The molecule has 0 aliphatic heterocycles. The maximum Gasteiger partial charge on any atom is 0.220 e. The first kappa shape index (κ1) is 19.8. The fourth-order valence-corrected chi connectivity index (χ4v) is 2.39. The lowest BCUT2D eigenvalue weighted by atomic mass is 10.1. The van der Waals surface area contributed by atoms with Gasteiger partial charge in [-0.1, -0.05) is 26.2 Å². The summed E-state index contributed by atoms with van der Waals surface area (Å²) >= 11 is 0. The second kappa shape index (κ2) is 11.3. The first-order chi connectivity index (χ1) is 11.6. The van der Waals surface area contributed by atoms with E-state index in [1.165, 1.54) is 20.0 Å². The number of carbonyl (C=O) groups excluding carboxylic acids is 1. The lowest BCUT2D eigenvalue weighted by Crippen LogP contribution is -2.32. The van der Waals surface area contributed by atoms with Crippen molar-refractivity contribution in [3.05, 3.63) is 23.8 Å². The van der Waals surface area contributed by atoms with Gasteiger partial charge in [-0.15, -0.1) is 0 Å². The number of nitrogens with one attached hydrogen (secondary N) is 1. The molecule has 1 aromatic carbocycles. The van der Waals surface area contributed by atoms with Crippen LogP contribution in [0.15, 0.2) is 18.2 Å². The van der Waals surface area contributed by atoms with Gasteiger partial charge in [-0.25, -0.2) is 0 Å². The lowest BCUT2D eigenvalue weighted by molar-refractivity contribution is -0.121. The van der Waals surface area contributed by atoms with Gasteiger partial charge in [0.15, 0.2) is 11.5 Å². The van der Waals surface area contributed by atoms with Crippen LogP contribution in [0, 0.1) is 11.3 Å². The Bertz CT molecular complexity index is 552. The van der Waals surface area contributed by atoms with Crippen molar-refractivity contribution in [3.8, 4) is 17.6 Å². The van der Waals surface area contributed by atoms with E-state index in [0.29, 0.717) is 36.5 Å². The van der Waals surface area contributed by atoms with Crippen LogP contribution in [-0.4, -0.2) is 25.7 Å². The second-order valence-electron chi connectivity index (χ2n) is 5.89. The highest BCUT2D eigenvalue weighted by atomic mass is 16.5. The Balaban J connectivity index is 2.28. The van der Waals surface area contributed by atoms with Crippen molar-refractivity contribution in [1.29, 1.82) is 5.26 Å². The van der Waals surface area contributed by atoms with Crippen molar-refractivity contribution in [2.24, 2.45) is 0 Å². The smallest absolute Gasteiger partial charge is 0.220 e. The van der Waals surface area contributed by atoms with E-state index in [1.54, 1.807) is 18.2 Å². The lowest BCUT2D eigenvalue weighted by Gasteiger charge is -2.14. The normalized spacial score (nSPS) is 11.4. The maximum absolute atomic E-state index is 11.9. The van der Waals surface area contributed by atoms with E-state index in [0.717, 1.165) is 12.8 Å². The van der Waals surface area contributed by atoms with Gasteiger partial charge in [-0.3, -0.25) is 4.79 Å². The van der Waals surface area contributed by atoms with Gasteiger partial charge < -0.3 is 14.8 Å². The minimum absolute atomic E-state index is 0.0643. The van der Waals surface area contributed by atoms with Crippen LogP contribution < -0.4 is 14.8 Å². The Morgan fingerprint density at radius 2 is 2.08 bits per heavy atom. The first-order valence-electron chi connectivity index (χ1n) is 8.61. The van der Waals surface area contributed by atoms with Crippen LogP contribution in [-0.2, 0) is 4.79 Å². The molecule has 5 heteroatoms. The number of benzene rings is 1. The predicted octanol–water partition coefficient (Wildman–Crippen LogP) is 3.81. The van der Waals surface area contributed by atoms with Crippen LogP contribution in [0.4, 0.5) is 0 Å². The van der Waals surface area contributed by atoms with E-state index in [1.807, 2.05) is 6.92 Å². The van der Waals surface area contributed by atoms with Gasteiger partial charge in [-0.05, 0) is 31.9 Å². The Labute approximate surface area is 145 Å². The second-order valence-corrected chi connectivity index (χ2v) is 5.89. The van der Waals surface area contributed by atoms with Crippen LogP contribution in [0.2, 0.25) is 0 Å². The van der Waals surface area contributed by atoms with E-state index < -0.39 is 0 Å². The molecule has 1 atom stereocenters. The maximum atomic E-state index is 11.9. The van der Waals surface area contributed by atoms with Crippen molar-refractivity contribution in [2.45, 2.75) is 58.4 Å². The summed E-state index contributed by atoms with van der Waals surface area (Å²) in [7, 11) is 1.54. The molecular formula is C19H28N2O3. The summed E-state index contributed by atoms with van der Waals surface area (Å²) in [5, 5.41) is 11.9. The number of hydrogen-bond donors (Lipinski definition) is 1. The molecule has 0 aliphatic rings. The minimum Gasteiger partial charge on any atom is -0.493 e. The van der Waals surface area contributed by atoms with Crippen molar-refractivity contribution in [2.75, 3.05) is 13.7 Å². The summed E-state index contributed by atoms with van der Waals surface area (Å²) < 4.78 is 10.9. The molecular weight excluding hydrogens is 304 g/mol. The zero-order chi connectivity index (χ0) is 17.8. The fourth-order valence-electron chi connectivity index (χ4n) is 2.39. The van der Waals surface area contributed by atoms with Gasteiger partial charge >= 0.3 is 0 Å². The average Bonchev–Trinajstić information content (AvgIpc) is 2.58. The molecule has 0 saturated heterocycles. The number of hydrogen-bond acceptors (Lipinski definition) is 4. The molecule has 132 valence electrons. The van der Waals surface area contributed by atoms with Gasteiger partial charge in [0.2, 0.25) is 5.91 Å². The number of rotatable bonds is 11. The van der Waals surface area contributed by atoms with Crippen LogP contribution in [0.3, 0.4) is 0 Å². The van der Waals surface area contributed by atoms with Crippen LogP contribution >= 0.6 is 0 Å². The summed E-state index contributed by atoms with van der Waals surface area (Å²) in [5.41, 5.74) is 0.524. The summed E-state index contributed by atoms with van der Waals surface area (Å²) in [6, 6.07) is 7.32. The molecule has 0 aromatic heterocycles. The number of carbonyl (C=O) groups is 1. The van der Waals surface area contributed by atoms with E-state index in [2.05, 4.69) is 18.3 Å². The van der Waals surface area contributed by atoms with Crippen LogP contribution in [0.25, 0.3) is 0 Å². The number of nitriles is 1. The molecule has 0 bridgehead atoms. The standard InChI is InChI=1S/C19H28N2O3/c1-4-5-6-8-15(2)21-19(22)9-7-12-24-17-11-10-16(14-20)13-18(17)23-3/h10-11,13,15H,4-9,12H2,1-3H3,(H,21,22)/t15-/m1/s1. The third-order valence-electron chi connectivity index (χ3n) is 3.75. The molecule has 24 heavy (non-hydrogen) atoms. The zero-order valence-electron chi connectivity index (χ0n) is 14.9. The number of methoxy groups -OCH3 is 1. The zero-order valence-corrected chi connectivity index (χ0v) is 14.9. The molecule has 0 spiro atoms. The molecule has 1 rings (SSSR count). The first-order valence-corrected chi connectivity index (χ1v) is 8.61. The van der Waals surface area contributed by atoms with E-state index in [-0.39, 0.29) is 11.9 Å². The molecule has 0 saturated carbocycles. The third-order valence-corrected chi connectivity index (χ3v) is 3.75. The highest BCUT2D eigenvalue weighted by molar-refractivity contribution is 5.76. The number of nitrogens with zero attached hydrogens (tertiary/aromatic N) is 1. The minimum atomic E-state index is 0.0643. The van der Waals surface area contributed by atoms with E-state index in [9.17, 15) is 4.79 Å². The average molecular weight is 332 g/mol. The van der Waals surface area contributed by atoms with Gasteiger partial charge in [0.25, 0.3) is 0 Å². The highest BCUT2D eigenvalue weighted by Crippen LogP contribution is 2.27. The quantitative estimate of drug-likeness (QED) is 0.625. The molecule has 0 heterocycles. The topological polar surface area (TPSA) is 71.3 Å². The van der Waals surface area contributed by atoms with Crippen molar-refractivity contribution < 1.29 is 14.3 Å². The molecule has 1 aromatic rings. The van der Waals surface area contributed by atoms with Crippen molar-refractivity contribution >= 4 is 5.91 Å². The monoisotopic (exact) mass is 332 g/mol. The molecule has 1 amide bonds. The van der Waals surface area contributed by atoms with Crippen molar-refractivity contribution in [1.82, 2.24) is 5.32 Å². The van der Waals surface area contributed by atoms with Crippen LogP contribution in [0.1, 0.15) is 57.9 Å². The van der Waals surface area contributed by atoms with Gasteiger partial charge in [0.05, 0.1) is 25.3 Å². The Morgan fingerprint density at radius 3 is 2.75 bits per heavy atom. The number of amides is 1. The van der Waals surface area contributed by atoms with Gasteiger partial charge in [0, 0.05) is 18.5 Å². The summed E-state index contributed by atoms with van der Waals surface area (Å²) in [5.74, 6) is 1.18. The van der Waals surface area contributed by atoms with Crippen molar-refractivity contribution in [3.63, 3.8) is 0 Å². The molecule has 0 unspecified atom stereocenters. The van der Waals surface area contributed by atoms with E-state index in [4.69, 9.17) is 14.7 Å². The van der Waals surface area contributed by atoms with Crippen LogP contribution in [0.5, 0.6) is 11.5 Å². The SMILES string of the molecule is CCCCC[C@@H](C)NC(=O)CCCOc1ccc(C#N)cc1OC. The van der Waals surface area contributed by atoms with Gasteiger partial charge in [0.1, 0.15) is 0 Å². The largest absolute Gasteiger partial charge is 0.493 e. The molecule has 1 N–H and O–H groups in total. The molecule has 0 fully saturated rings. The Kier molecular flexibility index (Phi) is 9.36. The molecule has 0 radical (unpaired) electrons. The van der Waals surface area contributed by atoms with E-state index >= 15 is 0 Å². The molecule has 0 aliphatic carbocycles. The predicted molar refractivity (Wildman–Crippen MR) is 94.2 cm³/mol. The van der Waals surface area contributed by atoms with Gasteiger partial charge in [-0.2, -0.15) is 5.26 Å². The fraction of sp³-hybridized carbons (Fsp3) is 0.579. The number of ether oxygens (including phenoxy) is 2. The Morgan fingerprint density at radius 1 is 1.29 bits per heavy atom. The molecule has 5 nitrogen and oxygen atoms in total. The third kappa shape index (κ3) is 7.36. The highest BCUT2D eigenvalue weighted by Gasteiger charge is 2.08.